The first kappa shape index (κ1) is 29.4. The Morgan fingerprint density at radius 1 is 1.02 bits per heavy atom. The Labute approximate surface area is 262 Å². The fourth-order valence-electron chi connectivity index (χ4n) is 5.70. The first-order chi connectivity index (χ1) is 21.7. The number of pyridine rings is 1. The molecular formula is C31H36N10O3S. The highest BCUT2D eigenvalue weighted by Gasteiger charge is 2.38. The van der Waals surface area contributed by atoms with E-state index in [1.165, 1.54) is 12.4 Å². The number of rotatable bonds is 7. The van der Waals surface area contributed by atoms with Crippen LogP contribution in [0, 0.1) is 17.3 Å². The molecule has 0 radical (unpaired) electrons. The number of hydrogen-bond donors (Lipinski definition) is 2. The molecule has 1 aliphatic carbocycles. The first-order valence-corrected chi connectivity index (χ1v) is 16.7. The number of piperidine rings is 1. The van der Waals surface area contributed by atoms with E-state index < -0.39 is 10.0 Å². The number of aliphatic hydroxyl groups is 1. The maximum absolute atomic E-state index is 12.6. The standard InChI is InChI=1S/C31H36N10O3S/c1-31(21-42)8-11-39(12-9-31)26-15-29(33-16-22(26)3-4-23-17-34-40-14-13-38(2)20-27(23)40)36-28-7-10-32-30(37-28)24-18-35-41(19-24)45(43,44)25-5-6-25/h7,10,15-19,25,42H,5-6,8-9,11-14,20-21H2,1-2H3,(H,32,33,36,37). The van der Waals surface area contributed by atoms with E-state index in [4.69, 9.17) is 0 Å². The van der Waals surface area contributed by atoms with E-state index in [0.717, 1.165) is 72.2 Å². The molecule has 3 aliphatic rings. The number of aliphatic hydroxyl groups excluding tert-OH is 1. The second kappa shape index (κ2) is 11.6. The van der Waals surface area contributed by atoms with Crippen molar-refractivity contribution in [3.05, 3.63) is 59.9 Å². The molecule has 234 valence electrons. The quantitative estimate of drug-likeness (QED) is 0.291. The second-order valence-electron chi connectivity index (χ2n) is 12.5. The molecule has 1 saturated carbocycles. The third kappa shape index (κ3) is 6.03. The fourth-order valence-corrected chi connectivity index (χ4v) is 7.18. The van der Waals surface area contributed by atoms with Crippen molar-refractivity contribution in [2.24, 2.45) is 5.41 Å². The number of nitrogens with zero attached hydrogens (tertiary/aromatic N) is 9. The summed E-state index contributed by atoms with van der Waals surface area (Å²) in [6.07, 6.45) is 11.2. The van der Waals surface area contributed by atoms with Gasteiger partial charge in [0, 0.05) is 51.2 Å². The highest BCUT2D eigenvalue weighted by molar-refractivity contribution is 7.90. The van der Waals surface area contributed by atoms with Gasteiger partial charge in [0.15, 0.2) is 5.82 Å². The van der Waals surface area contributed by atoms with Crippen molar-refractivity contribution in [3.63, 3.8) is 0 Å². The molecular weight excluding hydrogens is 592 g/mol. The molecule has 2 aliphatic heterocycles. The SMILES string of the molecule is CN1CCn2ncc(C#Cc3cnc(Nc4ccnc(-c5cnn(S(=O)(=O)C6CC6)c5)n4)cc3N3CCC(C)(CO)CC3)c2C1. The van der Waals surface area contributed by atoms with Gasteiger partial charge in [-0.1, -0.05) is 18.8 Å². The highest BCUT2D eigenvalue weighted by atomic mass is 32.2. The summed E-state index contributed by atoms with van der Waals surface area (Å²) in [5.74, 6) is 8.19. The summed E-state index contributed by atoms with van der Waals surface area (Å²) in [7, 11) is -1.38. The summed E-state index contributed by atoms with van der Waals surface area (Å²) in [4.78, 5) is 18.2. The average Bonchev–Trinajstić information content (AvgIpc) is 3.66. The molecule has 2 N–H and O–H groups in total. The molecule has 0 aromatic carbocycles. The maximum Gasteiger partial charge on any atom is 0.256 e. The van der Waals surface area contributed by atoms with Crippen molar-refractivity contribution in [2.45, 2.75) is 50.9 Å². The molecule has 2 fully saturated rings. The smallest absolute Gasteiger partial charge is 0.256 e. The Morgan fingerprint density at radius 2 is 1.82 bits per heavy atom. The van der Waals surface area contributed by atoms with E-state index in [0.29, 0.717) is 35.9 Å². The Balaban J connectivity index is 1.17. The van der Waals surface area contributed by atoms with Crippen molar-refractivity contribution < 1.29 is 13.5 Å². The number of anilines is 3. The zero-order valence-corrected chi connectivity index (χ0v) is 26.2. The number of aromatic nitrogens is 7. The second-order valence-corrected chi connectivity index (χ2v) is 14.6. The summed E-state index contributed by atoms with van der Waals surface area (Å²) < 4.78 is 28.2. The molecule has 14 heteroatoms. The monoisotopic (exact) mass is 628 g/mol. The lowest BCUT2D eigenvalue weighted by molar-refractivity contribution is 0.115. The van der Waals surface area contributed by atoms with Crippen LogP contribution in [0.25, 0.3) is 11.4 Å². The van der Waals surface area contributed by atoms with Crippen molar-refractivity contribution in [2.75, 3.05) is 43.5 Å². The van der Waals surface area contributed by atoms with Crippen LogP contribution in [0.15, 0.2) is 43.1 Å². The zero-order valence-electron chi connectivity index (χ0n) is 25.4. The highest BCUT2D eigenvalue weighted by Crippen LogP contribution is 2.35. The van der Waals surface area contributed by atoms with Crippen LogP contribution in [0.5, 0.6) is 0 Å². The predicted octanol–water partition coefficient (Wildman–Crippen LogP) is 2.46. The Hall–Kier alpha value is -4.32. The van der Waals surface area contributed by atoms with Crippen LogP contribution in [0.2, 0.25) is 0 Å². The Morgan fingerprint density at radius 3 is 2.60 bits per heavy atom. The van der Waals surface area contributed by atoms with E-state index in [1.54, 1.807) is 18.5 Å². The lowest BCUT2D eigenvalue weighted by atomic mass is 9.81. The molecule has 0 spiro atoms. The zero-order chi connectivity index (χ0) is 31.2. The summed E-state index contributed by atoms with van der Waals surface area (Å²) >= 11 is 0. The number of nitrogens with one attached hydrogen (secondary N) is 1. The van der Waals surface area contributed by atoms with Gasteiger partial charge in [0.2, 0.25) is 0 Å². The third-order valence-corrected chi connectivity index (χ3v) is 10.9. The molecule has 0 atom stereocenters. The topological polar surface area (TPSA) is 147 Å². The summed E-state index contributed by atoms with van der Waals surface area (Å²) in [5, 5.41) is 21.5. The molecule has 0 unspecified atom stereocenters. The van der Waals surface area contributed by atoms with Gasteiger partial charge >= 0.3 is 0 Å². The van der Waals surface area contributed by atoms with Crippen molar-refractivity contribution in [1.82, 2.24) is 38.8 Å². The first-order valence-electron chi connectivity index (χ1n) is 15.2. The minimum atomic E-state index is -3.48. The van der Waals surface area contributed by atoms with Gasteiger partial charge in [-0.05, 0) is 44.2 Å². The van der Waals surface area contributed by atoms with Crippen LogP contribution < -0.4 is 10.2 Å². The van der Waals surface area contributed by atoms with Crippen molar-refractivity contribution >= 4 is 27.3 Å². The van der Waals surface area contributed by atoms with Gasteiger partial charge in [-0.25, -0.2) is 23.4 Å². The van der Waals surface area contributed by atoms with Crippen molar-refractivity contribution in [1.29, 1.82) is 0 Å². The van der Waals surface area contributed by atoms with Gasteiger partial charge in [0.1, 0.15) is 11.6 Å². The lowest BCUT2D eigenvalue weighted by Gasteiger charge is -2.39. The van der Waals surface area contributed by atoms with Crippen LogP contribution in [0.1, 0.15) is 49.4 Å². The van der Waals surface area contributed by atoms with Crippen LogP contribution in [0.3, 0.4) is 0 Å². The van der Waals surface area contributed by atoms with E-state index in [2.05, 4.69) is 66.1 Å². The summed E-state index contributed by atoms with van der Waals surface area (Å²) in [5.41, 5.74) is 4.22. The summed E-state index contributed by atoms with van der Waals surface area (Å²) in [6, 6.07) is 3.71. The molecule has 0 bridgehead atoms. The molecule has 6 heterocycles. The fraction of sp³-hybridized carbons (Fsp3) is 0.452. The van der Waals surface area contributed by atoms with Gasteiger partial charge in [-0.2, -0.15) is 14.3 Å². The number of hydrogen-bond acceptors (Lipinski definition) is 11. The molecule has 0 amide bonds. The number of fused-ring (bicyclic) bond motifs is 1. The van der Waals surface area contributed by atoms with Gasteiger partial charge in [0.25, 0.3) is 10.0 Å². The maximum atomic E-state index is 12.6. The molecule has 45 heavy (non-hydrogen) atoms. The van der Waals surface area contributed by atoms with E-state index in [-0.39, 0.29) is 17.3 Å². The normalized spacial score (nSPS) is 18.2. The van der Waals surface area contributed by atoms with E-state index in [9.17, 15) is 13.5 Å². The van der Waals surface area contributed by atoms with Crippen LogP contribution in [0.4, 0.5) is 17.3 Å². The minimum absolute atomic E-state index is 0.0944. The molecule has 4 aromatic heterocycles. The average molecular weight is 629 g/mol. The summed E-state index contributed by atoms with van der Waals surface area (Å²) in [6.45, 7) is 6.49. The number of likely N-dealkylation sites (N-methyl/N-ethyl adjacent to an activating group) is 1. The van der Waals surface area contributed by atoms with Gasteiger partial charge in [-0.3, -0.25) is 9.58 Å². The van der Waals surface area contributed by atoms with Gasteiger partial charge in [0.05, 0.1) is 58.5 Å². The Bertz CT molecular complexity index is 1900. The molecule has 7 rings (SSSR count). The largest absolute Gasteiger partial charge is 0.396 e. The predicted molar refractivity (Wildman–Crippen MR) is 169 cm³/mol. The third-order valence-electron chi connectivity index (χ3n) is 8.91. The molecule has 4 aromatic rings. The van der Waals surface area contributed by atoms with Gasteiger partial charge in [-0.15, -0.1) is 0 Å². The Kier molecular flexibility index (Phi) is 7.55. The lowest BCUT2D eigenvalue weighted by Crippen LogP contribution is -2.40. The van der Waals surface area contributed by atoms with Gasteiger partial charge < -0.3 is 15.3 Å². The van der Waals surface area contributed by atoms with Crippen molar-refractivity contribution in [3.8, 4) is 23.2 Å². The van der Waals surface area contributed by atoms with Crippen LogP contribution >= 0.6 is 0 Å². The molecule has 1 saturated heterocycles. The van der Waals surface area contributed by atoms with Crippen LogP contribution in [-0.2, 0) is 23.1 Å². The van der Waals surface area contributed by atoms with E-state index >= 15 is 0 Å². The molecule has 13 nitrogen and oxygen atoms in total. The minimum Gasteiger partial charge on any atom is -0.396 e. The van der Waals surface area contributed by atoms with E-state index in [1.807, 2.05) is 16.9 Å². The van der Waals surface area contributed by atoms with Crippen LogP contribution in [-0.4, -0.2) is 90.9 Å².